The first kappa shape index (κ1) is 48.2. The maximum Gasteiger partial charge on any atom is 0.238 e. The van der Waals surface area contributed by atoms with Gasteiger partial charge in [0.15, 0.2) is 29.1 Å². The lowest BCUT2D eigenvalue weighted by molar-refractivity contribution is 0.953. The van der Waals surface area contributed by atoms with Crippen LogP contribution in [0.3, 0.4) is 0 Å². The zero-order chi connectivity index (χ0) is 54.3. The first-order chi connectivity index (χ1) is 40.7. The molecule has 0 fully saturated rings. The Kier molecular flexibility index (Phi) is 12.2. The highest BCUT2D eigenvalue weighted by Crippen LogP contribution is 2.44. The molecule has 0 radical (unpaired) electrons. The summed E-state index contributed by atoms with van der Waals surface area (Å²) in [5, 5.41) is 4.34. The molecule has 0 amide bonds. The minimum atomic E-state index is 0.517. The van der Waals surface area contributed by atoms with Crippen LogP contribution in [0.1, 0.15) is 22.3 Å². The van der Waals surface area contributed by atoms with Crippen molar-refractivity contribution in [1.82, 2.24) is 39.0 Å². The van der Waals surface area contributed by atoms with Gasteiger partial charge in [0.2, 0.25) is 5.95 Å². The van der Waals surface area contributed by atoms with Gasteiger partial charge in [0.1, 0.15) is 0 Å². The van der Waals surface area contributed by atoms with Crippen molar-refractivity contribution in [1.29, 1.82) is 0 Å². The lowest BCUT2D eigenvalue weighted by Crippen LogP contribution is -2.07. The van der Waals surface area contributed by atoms with E-state index < -0.39 is 0 Å². The van der Waals surface area contributed by atoms with Crippen LogP contribution in [0.2, 0.25) is 0 Å². The molecule has 0 aliphatic carbocycles. The summed E-state index contributed by atoms with van der Waals surface area (Å²) in [6.45, 7) is 0. The predicted octanol–water partition coefficient (Wildman–Crippen LogP) is 17.4. The van der Waals surface area contributed by atoms with Crippen molar-refractivity contribution in [3.63, 3.8) is 0 Å². The number of aromatic nitrogens is 8. The Morgan fingerprint density at radius 3 is 1.22 bits per heavy atom. The average molecular weight is 1050 g/mol. The fraction of sp³-hybridized carbons (Fsp3) is 0.0270. The fourth-order valence-corrected chi connectivity index (χ4v) is 11.7. The summed E-state index contributed by atoms with van der Waals surface area (Å²) >= 11 is 0. The summed E-state index contributed by atoms with van der Waals surface area (Å²) in [6, 6.07) is 97.7. The second-order valence-corrected chi connectivity index (χ2v) is 20.6. The van der Waals surface area contributed by atoms with Crippen LogP contribution < -0.4 is 0 Å². The van der Waals surface area contributed by atoms with E-state index in [1.165, 1.54) is 27.8 Å². The number of hydrogen-bond donors (Lipinski definition) is 0. The Labute approximate surface area is 474 Å². The molecule has 0 bridgehead atoms. The Morgan fingerprint density at radius 1 is 0.256 bits per heavy atom. The van der Waals surface area contributed by atoms with Gasteiger partial charge in [-0.05, 0) is 76.6 Å². The second kappa shape index (κ2) is 20.7. The second-order valence-electron chi connectivity index (χ2n) is 20.6. The van der Waals surface area contributed by atoms with E-state index >= 15 is 0 Å². The van der Waals surface area contributed by atoms with Crippen molar-refractivity contribution >= 4 is 43.6 Å². The number of rotatable bonds is 12. The van der Waals surface area contributed by atoms with Crippen LogP contribution >= 0.6 is 0 Å². The van der Waals surface area contributed by atoms with E-state index in [-0.39, 0.29) is 0 Å². The molecule has 0 spiro atoms. The summed E-state index contributed by atoms with van der Waals surface area (Å²) in [6.07, 6.45) is 1.56. The highest BCUT2D eigenvalue weighted by Gasteiger charge is 2.26. The number of para-hydroxylation sites is 3. The van der Waals surface area contributed by atoms with Gasteiger partial charge in [-0.15, -0.1) is 0 Å². The van der Waals surface area contributed by atoms with Gasteiger partial charge in [-0.1, -0.05) is 249 Å². The largest absolute Gasteiger partial charge is 0.306 e. The van der Waals surface area contributed by atoms with Gasteiger partial charge in [0.05, 0.1) is 27.8 Å². The van der Waals surface area contributed by atoms with Gasteiger partial charge in [0, 0.05) is 49.4 Å². The molecule has 386 valence electrons. The third-order valence-electron chi connectivity index (χ3n) is 15.6. The zero-order valence-electron chi connectivity index (χ0n) is 44.6. The lowest BCUT2D eigenvalue weighted by atomic mass is 9.88. The normalized spacial score (nSPS) is 11.5. The van der Waals surface area contributed by atoms with E-state index in [1.54, 1.807) is 0 Å². The van der Waals surface area contributed by atoms with Crippen molar-refractivity contribution in [3.8, 4) is 79.7 Å². The molecule has 15 aromatic rings. The average Bonchev–Trinajstić information content (AvgIpc) is 3.61. The molecule has 0 N–H and O–H groups in total. The minimum Gasteiger partial charge on any atom is -0.306 e. The fourth-order valence-electron chi connectivity index (χ4n) is 11.7. The predicted molar refractivity (Wildman–Crippen MR) is 333 cm³/mol. The maximum atomic E-state index is 5.54. The van der Waals surface area contributed by atoms with Gasteiger partial charge >= 0.3 is 0 Å². The van der Waals surface area contributed by atoms with Crippen molar-refractivity contribution in [3.05, 3.63) is 301 Å². The molecule has 0 aliphatic rings. The van der Waals surface area contributed by atoms with E-state index in [4.69, 9.17) is 29.9 Å². The highest BCUT2D eigenvalue weighted by atomic mass is 15.2. The third-order valence-corrected chi connectivity index (χ3v) is 15.6. The molecule has 8 heteroatoms. The van der Waals surface area contributed by atoms with Crippen molar-refractivity contribution in [2.75, 3.05) is 0 Å². The molecular weight excluding hydrogens is 1000 g/mol. The summed E-state index contributed by atoms with van der Waals surface area (Å²) in [5.74, 6) is 3.40. The van der Waals surface area contributed by atoms with Crippen molar-refractivity contribution in [2.24, 2.45) is 0 Å². The van der Waals surface area contributed by atoms with Crippen LogP contribution in [-0.2, 0) is 12.8 Å². The Balaban J connectivity index is 0.970. The van der Waals surface area contributed by atoms with Crippen molar-refractivity contribution < 1.29 is 0 Å². The highest BCUT2D eigenvalue weighted by molar-refractivity contribution is 6.24. The Morgan fingerprint density at radius 2 is 0.659 bits per heavy atom. The van der Waals surface area contributed by atoms with Gasteiger partial charge in [-0.2, -0.15) is 9.97 Å². The summed E-state index contributed by atoms with van der Waals surface area (Å²) in [5.41, 5.74) is 16.6. The van der Waals surface area contributed by atoms with Crippen LogP contribution in [-0.4, -0.2) is 39.0 Å². The number of nitrogens with zero attached hydrogens (tertiary/aromatic N) is 8. The van der Waals surface area contributed by atoms with Crippen molar-refractivity contribution in [2.45, 2.75) is 12.8 Å². The van der Waals surface area contributed by atoms with E-state index in [9.17, 15) is 0 Å². The summed E-state index contributed by atoms with van der Waals surface area (Å²) < 4.78 is 4.62. The molecule has 0 atom stereocenters. The van der Waals surface area contributed by atoms with Gasteiger partial charge in [-0.25, -0.2) is 19.9 Å². The molecule has 8 nitrogen and oxygen atoms in total. The van der Waals surface area contributed by atoms with E-state index in [1.807, 2.05) is 54.6 Å². The Hall–Kier alpha value is -11.0. The minimum absolute atomic E-state index is 0.517. The van der Waals surface area contributed by atoms with Gasteiger partial charge in [0.25, 0.3) is 0 Å². The maximum absolute atomic E-state index is 5.54. The first-order valence-electron chi connectivity index (χ1n) is 27.7. The van der Waals surface area contributed by atoms with Crippen LogP contribution in [0.25, 0.3) is 123 Å². The van der Waals surface area contributed by atoms with Crippen LogP contribution in [0.5, 0.6) is 0 Å². The monoisotopic (exact) mass is 1050 g/mol. The van der Waals surface area contributed by atoms with Crippen LogP contribution in [0.4, 0.5) is 0 Å². The van der Waals surface area contributed by atoms with Gasteiger partial charge < -0.3 is 4.57 Å². The molecule has 82 heavy (non-hydrogen) atoms. The molecular formula is C74H50N8. The standard InChI is InChI=1S/C74H50N8/c1-6-24-49(25-7-1)46-54-34-16-17-35-57(54)63-48-56(43-42-55(63)47-50-26-8-2-9-27-50)72-75-69(51-28-10-3-11-29-51)77-73(78-72)62-38-20-23-41-66(62)81-64-39-21-18-36-58(64)60-44-45-61-59-37-19-22-40-65(59)82(68(61)67(60)81)74-79-70(52-30-12-4-13-31-52)76-71(80-74)53-32-14-5-15-33-53/h1-45,48H,46-47H2. The topological polar surface area (TPSA) is 87.2 Å². The molecule has 11 aromatic carbocycles. The SMILES string of the molecule is c1ccc(Cc2ccccc2-c2cc(-c3nc(-c4ccccc4)nc(-c4ccccc4-n4c5ccccc5c5ccc6c7ccccc7n(-c7nc(-c8ccccc8)nc(-c8ccccc8)n7)c6c54)n3)ccc2Cc2ccccc2)cc1. The molecule has 15 rings (SSSR count). The smallest absolute Gasteiger partial charge is 0.238 e. The third kappa shape index (κ3) is 8.76. The molecule has 0 saturated carbocycles. The van der Waals surface area contributed by atoms with Crippen LogP contribution in [0, 0.1) is 0 Å². The Bertz CT molecular complexity index is 4790. The molecule has 4 heterocycles. The van der Waals surface area contributed by atoms with Crippen LogP contribution in [0.15, 0.2) is 279 Å². The van der Waals surface area contributed by atoms with Gasteiger partial charge in [-0.3, -0.25) is 4.57 Å². The lowest BCUT2D eigenvalue weighted by Gasteiger charge is -2.17. The quantitative estimate of drug-likeness (QED) is 0.121. The molecule has 4 aromatic heterocycles. The van der Waals surface area contributed by atoms with E-state index in [0.29, 0.717) is 35.1 Å². The summed E-state index contributed by atoms with van der Waals surface area (Å²) in [7, 11) is 0. The van der Waals surface area contributed by atoms with E-state index in [0.717, 1.165) is 95.5 Å². The molecule has 0 unspecified atom stereocenters. The first-order valence-corrected chi connectivity index (χ1v) is 27.7. The number of benzene rings is 11. The molecule has 0 saturated heterocycles. The number of fused-ring (bicyclic) bond motifs is 7. The molecule has 0 aliphatic heterocycles. The van der Waals surface area contributed by atoms with E-state index in [2.05, 4.69) is 234 Å². The number of hydrogen-bond acceptors (Lipinski definition) is 6. The summed E-state index contributed by atoms with van der Waals surface area (Å²) in [4.78, 5) is 32.1. The zero-order valence-corrected chi connectivity index (χ0v) is 44.6.